The van der Waals surface area contributed by atoms with Crippen LogP contribution in [0.1, 0.15) is 27.9 Å². The normalized spacial score (nSPS) is 20.1. The Balaban J connectivity index is 1.24. The molecule has 3 aliphatic rings. The van der Waals surface area contributed by atoms with Gasteiger partial charge in [-0.1, -0.05) is 0 Å². The number of nitrogens with zero attached hydrogens (tertiary/aromatic N) is 3. The number of likely N-dealkylation sites (tertiary alicyclic amines) is 1. The summed E-state index contributed by atoms with van der Waals surface area (Å²) in [5, 5.41) is 3.39. The summed E-state index contributed by atoms with van der Waals surface area (Å²) < 4.78 is 7.43. The zero-order chi connectivity index (χ0) is 18.6. The van der Waals surface area contributed by atoms with Gasteiger partial charge >= 0.3 is 0 Å². The molecular formula is C19H18Br2N4O2. The zero-order valence-corrected chi connectivity index (χ0v) is 17.7. The van der Waals surface area contributed by atoms with Gasteiger partial charge in [-0.25, -0.2) is 9.97 Å². The number of ether oxygens (including phenoxy) is 1. The largest absolute Gasteiger partial charge is 0.376 e. The summed E-state index contributed by atoms with van der Waals surface area (Å²) in [4.78, 5) is 23.3. The molecule has 1 spiro atoms. The lowest BCUT2D eigenvalue weighted by Crippen LogP contribution is -2.72. The van der Waals surface area contributed by atoms with E-state index in [0.717, 1.165) is 34.8 Å². The Labute approximate surface area is 174 Å². The molecule has 0 unspecified atom stereocenters. The van der Waals surface area contributed by atoms with Crippen molar-refractivity contribution in [3.8, 4) is 0 Å². The molecule has 8 heteroatoms. The molecule has 1 amide bonds. The van der Waals surface area contributed by atoms with Crippen LogP contribution < -0.4 is 5.32 Å². The number of carbonyl (C=O) groups excluding carboxylic acids is 1. The van der Waals surface area contributed by atoms with Gasteiger partial charge in [0, 0.05) is 33.9 Å². The lowest BCUT2D eigenvalue weighted by molar-refractivity contribution is -0.172. The van der Waals surface area contributed by atoms with Crippen LogP contribution in [0.15, 0.2) is 33.5 Å². The van der Waals surface area contributed by atoms with Crippen LogP contribution >= 0.6 is 31.9 Å². The number of carbonyl (C=O) groups is 1. The highest BCUT2D eigenvalue weighted by molar-refractivity contribution is 9.13. The van der Waals surface area contributed by atoms with E-state index >= 15 is 0 Å². The van der Waals surface area contributed by atoms with Gasteiger partial charge in [0.1, 0.15) is 0 Å². The Morgan fingerprint density at radius 3 is 2.26 bits per heavy atom. The van der Waals surface area contributed by atoms with Crippen molar-refractivity contribution in [3.05, 3.63) is 50.2 Å². The first kappa shape index (κ1) is 17.6. The quantitative estimate of drug-likeness (QED) is 0.711. The van der Waals surface area contributed by atoms with Crippen LogP contribution in [0, 0.1) is 0 Å². The molecule has 0 radical (unpaired) electrons. The SMILES string of the molecule is O=C(c1cnc(NC2Cc3cc(Br)c(Br)cc3C2)nc1)N1CCC12COC2. The Kier molecular flexibility index (Phi) is 4.25. The molecule has 0 atom stereocenters. The number of halogens is 2. The molecule has 2 aromatic rings. The Hall–Kier alpha value is -1.51. The van der Waals surface area contributed by atoms with E-state index < -0.39 is 0 Å². The van der Waals surface area contributed by atoms with Gasteiger partial charge in [0.25, 0.3) is 5.91 Å². The highest BCUT2D eigenvalue weighted by Crippen LogP contribution is 2.38. The summed E-state index contributed by atoms with van der Waals surface area (Å²) in [7, 11) is 0. The summed E-state index contributed by atoms with van der Waals surface area (Å²) in [5.74, 6) is 0.562. The standard InChI is InChI=1S/C19H18Br2N4O2/c20-15-5-11-3-14(4-12(11)6-16(15)21)24-18-22-7-13(8-23-18)17(26)25-2-1-19(25)9-27-10-19/h5-8,14H,1-4,9-10H2,(H,22,23,24). The minimum Gasteiger partial charge on any atom is -0.376 e. The van der Waals surface area contributed by atoms with Gasteiger partial charge in [0.2, 0.25) is 5.95 Å². The number of amides is 1. The molecule has 1 aromatic heterocycles. The van der Waals surface area contributed by atoms with Gasteiger partial charge in [-0.2, -0.15) is 0 Å². The number of nitrogens with one attached hydrogen (secondary N) is 1. The van der Waals surface area contributed by atoms with Crippen LogP contribution in [0.2, 0.25) is 0 Å². The number of aromatic nitrogens is 2. The fourth-order valence-electron chi connectivity index (χ4n) is 4.06. The van der Waals surface area contributed by atoms with Crippen molar-refractivity contribution in [2.24, 2.45) is 0 Å². The van der Waals surface area contributed by atoms with Crippen molar-refractivity contribution in [1.82, 2.24) is 14.9 Å². The second-order valence-corrected chi connectivity index (χ2v) is 9.21. The first-order valence-electron chi connectivity index (χ1n) is 8.99. The molecule has 0 bridgehead atoms. The van der Waals surface area contributed by atoms with Crippen molar-refractivity contribution in [3.63, 3.8) is 0 Å². The highest BCUT2D eigenvalue weighted by atomic mass is 79.9. The molecule has 2 saturated heterocycles. The van der Waals surface area contributed by atoms with E-state index in [4.69, 9.17) is 4.74 Å². The van der Waals surface area contributed by atoms with Crippen LogP contribution in [0.5, 0.6) is 0 Å². The molecule has 2 fully saturated rings. The number of anilines is 1. The molecule has 0 saturated carbocycles. The van der Waals surface area contributed by atoms with Gasteiger partial charge < -0.3 is 15.0 Å². The second-order valence-electron chi connectivity index (χ2n) is 7.50. The predicted octanol–water partition coefficient (Wildman–Crippen LogP) is 3.20. The van der Waals surface area contributed by atoms with E-state index in [1.54, 1.807) is 12.4 Å². The average molecular weight is 494 g/mol. The molecule has 1 aliphatic carbocycles. The highest BCUT2D eigenvalue weighted by Gasteiger charge is 2.53. The molecule has 6 nitrogen and oxygen atoms in total. The van der Waals surface area contributed by atoms with Crippen LogP contribution in [0.4, 0.5) is 5.95 Å². The van der Waals surface area contributed by atoms with E-state index in [2.05, 4.69) is 59.3 Å². The van der Waals surface area contributed by atoms with Gasteiger partial charge in [-0.05, 0) is 74.4 Å². The molecule has 27 heavy (non-hydrogen) atoms. The van der Waals surface area contributed by atoms with E-state index in [1.807, 2.05) is 4.90 Å². The molecule has 3 heterocycles. The number of fused-ring (bicyclic) bond motifs is 1. The van der Waals surface area contributed by atoms with Crippen molar-refractivity contribution in [2.45, 2.75) is 30.8 Å². The molecule has 5 rings (SSSR count). The number of hydrogen-bond donors (Lipinski definition) is 1. The first-order valence-corrected chi connectivity index (χ1v) is 10.6. The van der Waals surface area contributed by atoms with Crippen LogP contribution in [0.25, 0.3) is 0 Å². The zero-order valence-electron chi connectivity index (χ0n) is 14.5. The van der Waals surface area contributed by atoms with Crippen molar-refractivity contribution >= 4 is 43.7 Å². The maximum atomic E-state index is 12.7. The van der Waals surface area contributed by atoms with Crippen LogP contribution in [0.3, 0.4) is 0 Å². The van der Waals surface area contributed by atoms with E-state index in [-0.39, 0.29) is 17.5 Å². The topological polar surface area (TPSA) is 67.4 Å². The molecule has 140 valence electrons. The lowest BCUT2D eigenvalue weighted by atomic mass is 9.82. The molecule has 1 N–H and O–H groups in total. The monoisotopic (exact) mass is 492 g/mol. The summed E-state index contributed by atoms with van der Waals surface area (Å²) in [5.41, 5.74) is 3.14. The Morgan fingerprint density at radius 2 is 1.78 bits per heavy atom. The second kappa shape index (κ2) is 6.53. The summed E-state index contributed by atoms with van der Waals surface area (Å²) in [6.07, 6.45) is 6.13. The predicted molar refractivity (Wildman–Crippen MR) is 108 cm³/mol. The Bertz CT molecular complexity index is 878. The minimum atomic E-state index is -0.0633. The van der Waals surface area contributed by atoms with Crippen LogP contribution in [-0.2, 0) is 17.6 Å². The lowest BCUT2D eigenvalue weighted by Gasteiger charge is -2.57. The third kappa shape index (κ3) is 2.98. The maximum absolute atomic E-state index is 12.7. The smallest absolute Gasteiger partial charge is 0.257 e. The molecule has 2 aliphatic heterocycles. The van der Waals surface area contributed by atoms with Gasteiger partial charge in [0.15, 0.2) is 0 Å². The van der Waals surface area contributed by atoms with E-state index in [1.165, 1.54) is 11.1 Å². The van der Waals surface area contributed by atoms with Gasteiger partial charge in [0.05, 0.1) is 24.3 Å². The Morgan fingerprint density at radius 1 is 1.15 bits per heavy atom. The first-order chi connectivity index (χ1) is 13.0. The van der Waals surface area contributed by atoms with Crippen molar-refractivity contribution in [2.75, 3.05) is 25.1 Å². The summed E-state index contributed by atoms with van der Waals surface area (Å²) in [6, 6.07) is 4.58. The summed E-state index contributed by atoms with van der Waals surface area (Å²) in [6.45, 7) is 2.08. The third-order valence-corrected chi connectivity index (χ3v) is 7.61. The fraction of sp³-hybridized carbons (Fsp3) is 0.421. The average Bonchev–Trinajstić information content (AvgIpc) is 2.94. The number of benzene rings is 1. The number of rotatable bonds is 3. The van der Waals surface area contributed by atoms with Gasteiger partial charge in [-0.15, -0.1) is 0 Å². The van der Waals surface area contributed by atoms with E-state index in [9.17, 15) is 4.79 Å². The van der Waals surface area contributed by atoms with Crippen molar-refractivity contribution < 1.29 is 9.53 Å². The fourth-order valence-corrected chi connectivity index (χ4v) is 4.84. The van der Waals surface area contributed by atoms with Gasteiger partial charge in [-0.3, -0.25) is 4.79 Å². The molecule has 1 aromatic carbocycles. The van der Waals surface area contributed by atoms with E-state index in [0.29, 0.717) is 24.7 Å². The third-order valence-electron chi connectivity index (χ3n) is 5.77. The summed E-state index contributed by atoms with van der Waals surface area (Å²) >= 11 is 7.12. The minimum absolute atomic E-state index is 0.000859. The number of hydrogen-bond acceptors (Lipinski definition) is 5. The molecular weight excluding hydrogens is 476 g/mol. The van der Waals surface area contributed by atoms with Crippen molar-refractivity contribution in [1.29, 1.82) is 0 Å². The maximum Gasteiger partial charge on any atom is 0.257 e. The van der Waals surface area contributed by atoms with Crippen LogP contribution in [-0.4, -0.2) is 52.1 Å².